The second-order valence-electron chi connectivity index (χ2n) is 9.63. The molecule has 0 fully saturated rings. The molecule has 2 amide bonds. The Labute approximate surface area is 234 Å². The van der Waals surface area contributed by atoms with Crippen LogP contribution in [0.15, 0.2) is 83.3 Å². The van der Waals surface area contributed by atoms with Gasteiger partial charge in [0.15, 0.2) is 0 Å². The van der Waals surface area contributed by atoms with Crippen LogP contribution in [0, 0.1) is 6.92 Å². The molecule has 0 heterocycles. The average molecular weight is 601 g/mol. The van der Waals surface area contributed by atoms with E-state index in [4.69, 9.17) is 0 Å². The number of hydrogen-bond donors (Lipinski definition) is 1. The second-order valence-corrected chi connectivity index (χ2v) is 12.4. The van der Waals surface area contributed by atoms with Crippen molar-refractivity contribution in [2.24, 2.45) is 0 Å². The molecule has 0 aromatic heterocycles. The monoisotopic (exact) mass is 599 g/mol. The van der Waals surface area contributed by atoms with E-state index in [1.807, 2.05) is 75.4 Å². The van der Waals surface area contributed by atoms with Crippen LogP contribution in [0.1, 0.15) is 30.5 Å². The molecule has 0 spiro atoms. The average Bonchev–Trinajstić information content (AvgIpc) is 2.85. The molecule has 7 nitrogen and oxygen atoms in total. The topological polar surface area (TPSA) is 86.8 Å². The highest BCUT2D eigenvalue weighted by Crippen LogP contribution is 2.22. The summed E-state index contributed by atoms with van der Waals surface area (Å²) in [6.45, 7) is 5.40. The minimum Gasteiger partial charge on any atom is -0.352 e. The summed E-state index contributed by atoms with van der Waals surface area (Å²) < 4.78 is 27.4. The largest absolute Gasteiger partial charge is 0.352 e. The first-order valence-corrected chi connectivity index (χ1v) is 15.0. The van der Waals surface area contributed by atoms with E-state index in [2.05, 4.69) is 21.2 Å². The quantitative estimate of drug-likeness (QED) is 0.346. The fourth-order valence-electron chi connectivity index (χ4n) is 4.16. The van der Waals surface area contributed by atoms with Crippen molar-refractivity contribution in [3.63, 3.8) is 0 Å². The Morgan fingerprint density at radius 3 is 2.13 bits per heavy atom. The number of amides is 2. The Morgan fingerprint density at radius 1 is 0.921 bits per heavy atom. The molecule has 0 saturated carbocycles. The van der Waals surface area contributed by atoms with E-state index in [9.17, 15) is 18.0 Å². The lowest BCUT2D eigenvalue weighted by Gasteiger charge is -2.34. The molecule has 0 unspecified atom stereocenters. The molecular weight excluding hydrogens is 566 g/mol. The smallest absolute Gasteiger partial charge is 0.244 e. The summed E-state index contributed by atoms with van der Waals surface area (Å²) >= 11 is 3.36. The molecule has 9 heteroatoms. The normalized spacial score (nSPS) is 12.2. The number of carbonyl (C=O) groups is 2. The summed E-state index contributed by atoms with van der Waals surface area (Å²) in [7, 11) is -3.79. The van der Waals surface area contributed by atoms with Gasteiger partial charge >= 0.3 is 0 Å². The van der Waals surface area contributed by atoms with Gasteiger partial charge in [0.05, 0.1) is 11.9 Å². The number of halogens is 1. The van der Waals surface area contributed by atoms with Gasteiger partial charge in [-0.05, 0) is 56.2 Å². The number of carbonyl (C=O) groups excluding carboxylic acids is 2. The van der Waals surface area contributed by atoms with Gasteiger partial charge in [0.1, 0.15) is 12.6 Å². The lowest BCUT2D eigenvalue weighted by Crippen LogP contribution is -2.54. The Morgan fingerprint density at radius 2 is 1.55 bits per heavy atom. The summed E-state index contributed by atoms with van der Waals surface area (Å²) in [6.07, 6.45) is 1.36. The highest BCUT2D eigenvalue weighted by Gasteiger charge is 2.33. The zero-order valence-electron chi connectivity index (χ0n) is 22.1. The minimum absolute atomic E-state index is 0.132. The Bertz CT molecular complexity index is 1350. The second kappa shape index (κ2) is 13.1. The van der Waals surface area contributed by atoms with Crippen LogP contribution in [-0.4, -0.2) is 50.0 Å². The third-order valence-corrected chi connectivity index (χ3v) is 7.60. The molecule has 0 aliphatic rings. The molecule has 0 aliphatic heterocycles. The summed E-state index contributed by atoms with van der Waals surface area (Å²) in [4.78, 5) is 29.0. The minimum atomic E-state index is -3.79. The maximum atomic E-state index is 14.0. The predicted octanol–water partition coefficient (Wildman–Crippen LogP) is 4.69. The lowest BCUT2D eigenvalue weighted by atomic mass is 10.0. The highest BCUT2D eigenvalue weighted by atomic mass is 79.9. The number of benzene rings is 3. The van der Waals surface area contributed by atoms with Gasteiger partial charge in [-0.1, -0.05) is 76.1 Å². The lowest BCUT2D eigenvalue weighted by molar-refractivity contribution is -0.140. The molecule has 3 aromatic rings. The SMILES string of the molecule is Cc1cccc(CN(C(=O)CN(c2ccc(Br)cc2)S(C)(=O)=O)[C@H](Cc2ccccc2)C(=O)NC(C)C)c1. The number of hydrogen-bond acceptors (Lipinski definition) is 4. The van der Waals surface area contributed by atoms with E-state index >= 15 is 0 Å². The molecule has 0 saturated heterocycles. The zero-order chi connectivity index (χ0) is 27.9. The van der Waals surface area contributed by atoms with Crippen LogP contribution in [0.3, 0.4) is 0 Å². The third-order valence-electron chi connectivity index (χ3n) is 5.93. The van der Waals surface area contributed by atoms with Crippen molar-refractivity contribution in [1.29, 1.82) is 0 Å². The Kier molecular flexibility index (Phi) is 10.1. The van der Waals surface area contributed by atoms with Crippen LogP contribution in [0.25, 0.3) is 0 Å². The zero-order valence-corrected chi connectivity index (χ0v) is 24.5. The van der Waals surface area contributed by atoms with Gasteiger partial charge in [-0.2, -0.15) is 0 Å². The van der Waals surface area contributed by atoms with E-state index in [0.29, 0.717) is 5.69 Å². The van der Waals surface area contributed by atoms with Gasteiger partial charge in [-0.3, -0.25) is 13.9 Å². The van der Waals surface area contributed by atoms with Gasteiger partial charge in [-0.25, -0.2) is 8.42 Å². The van der Waals surface area contributed by atoms with Gasteiger partial charge in [0.25, 0.3) is 0 Å². The molecule has 0 bridgehead atoms. The fourth-order valence-corrected chi connectivity index (χ4v) is 5.28. The first kappa shape index (κ1) is 29.4. The van der Waals surface area contributed by atoms with Gasteiger partial charge in [0.2, 0.25) is 21.8 Å². The standard InChI is InChI=1S/C29H34BrN3O4S/c1-21(2)31-29(35)27(18-23-10-6-5-7-11-23)32(19-24-12-8-9-22(3)17-24)28(34)20-33(38(4,36)37)26-15-13-25(30)14-16-26/h5-17,21,27H,18-20H2,1-4H3,(H,31,35)/t27-/m1/s1. The summed E-state index contributed by atoms with van der Waals surface area (Å²) in [6, 6.07) is 22.9. The van der Waals surface area contributed by atoms with E-state index in [-0.39, 0.29) is 24.9 Å². The maximum Gasteiger partial charge on any atom is 0.244 e. The molecule has 3 aromatic carbocycles. The molecule has 0 aliphatic carbocycles. The van der Waals surface area contributed by atoms with Crippen LogP contribution in [0.5, 0.6) is 0 Å². The van der Waals surface area contributed by atoms with Crippen molar-refractivity contribution in [3.05, 3.63) is 100 Å². The molecule has 1 atom stereocenters. The predicted molar refractivity (Wildman–Crippen MR) is 155 cm³/mol. The van der Waals surface area contributed by atoms with Gasteiger partial charge in [-0.15, -0.1) is 0 Å². The maximum absolute atomic E-state index is 14.0. The number of nitrogens with zero attached hydrogens (tertiary/aromatic N) is 2. The van der Waals surface area contributed by atoms with Crippen LogP contribution in [0.4, 0.5) is 5.69 Å². The van der Waals surface area contributed by atoms with Crippen molar-refractivity contribution < 1.29 is 18.0 Å². The van der Waals surface area contributed by atoms with Gasteiger partial charge in [0, 0.05) is 23.5 Å². The summed E-state index contributed by atoms with van der Waals surface area (Å²) in [5, 5.41) is 2.95. The Balaban J connectivity index is 2.05. The Hall–Kier alpha value is -3.17. The van der Waals surface area contributed by atoms with Crippen molar-refractivity contribution in [2.45, 2.75) is 45.8 Å². The first-order valence-electron chi connectivity index (χ1n) is 12.4. The fraction of sp³-hybridized carbons (Fsp3) is 0.310. The van der Waals surface area contributed by atoms with Crippen molar-refractivity contribution >= 4 is 43.5 Å². The number of sulfonamides is 1. The molecular formula is C29H34BrN3O4S. The summed E-state index contributed by atoms with van der Waals surface area (Å²) in [5.41, 5.74) is 3.13. The van der Waals surface area contributed by atoms with E-state index in [1.54, 1.807) is 24.3 Å². The third kappa shape index (κ3) is 8.43. The number of nitrogens with one attached hydrogen (secondary N) is 1. The van der Waals surface area contributed by atoms with Crippen LogP contribution >= 0.6 is 15.9 Å². The first-order chi connectivity index (χ1) is 17.9. The molecule has 1 N–H and O–H groups in total. The van der Waals surface area contributed by atoms with Gasteiger partial charge < -0.3 is 10.2 Å². The summed E-state index contributed by atoms with van der Waals surface area (Å²) in [5.74, 6) is -0.765. The number of anilines is 1. The number of aryl methyl sites for hydroxylation is 1. The van der Waals surface area contributed by atoms with E-state index in [1.165, 1.54) is 4.90 Å². The van der Waals surface area contributed by atoms with Crippen molar-refractivity contribution in [2.75, 3.05) is 17.1 Å². The van der Waals surface area contributed by atoms with Crippen LogP contribution in [0.2, 0.25) is 0 Å². The van der Waals surface area contributed by atoms with E-state index < -0.39 is 28.5 Å². The van der Waals surface area contributed by atoms with E-state index in [0.717, 1.165) is 31.7 Å². The number of rotatable bonds is 11. The molecule has 202 valence electrons. The van der Waals surface area contributed by atoms with Crippen molar-refractivity contribution in [1.82, 2.24) is 10.2 Å². The molecule has 0 radical (unpaired) electrons. The van der Waals surface area contributed by atoms with Crippen LogP contribution < -0.4 is 9.62 Å². The van der Waals surface area contributed by atoms with Crippen molar-refractivity contribution in [3.8, 4) is 0 Å². The molecule has 3 rings (SSSR count). The molecule has 38 heavy (non-hydrogen) atoms. The highest BCUT2D eigenvalue weighted by molar-refractivity contribution is 9.10. The van der Waals surface area contributed by atoms with Crippen LogP contribution in [-0.2, 0) is 32.6 Å².